The maximum Gasteiger partial charge on any atom is 0.137 e. The van der Waals surface area contributed by atoms with Crippen LogP contribution in [0.5, 0.6) is 0 Å². The van der Waals surface area contributed by atoms with Crippen LogP contribution in [0.3, 0.4) is 0 Å². The predicted molar refractivity (Wildman–Crippen MR) is 316 cm³/mol. The van der Waals surface area contributed by atoms with Crippen molar-refractivity contribution in [1.29, 1.82) is 0 Å². The Morgan fingerprint density at radius 1 is 0.467 bits per heavy atom. The van der Waals surface area contributed by atoms with Crippen molar-refractivity contribution in [3.05, 3.63) is 249 Å². The molecular weight excluding hydrogens is 1110 g/mol. The summed E-state index contributed by atoms with van der Waals surface area (Å²) in [5, 5.41) is 8.72. The molecule has 0 bridgehead atoms. The molecule has 0 saturated carbocycles. The van der Waals surface area contributed by atoms with Gasteiger partial charge in [0.25, 0.3) is 0 Å². The second-order valence-electron chi connectivity index (χ2n) is 18.1. The molecule has 0 spiro atoms. The van der Waals surface area contributed by atoms with E-state index in [1.54, 1.807) is 0 Å². The second-order valence-corrected chi connectivity index (χ2v) is 18.5. The van der Waals surface area contributed by atoms with Crippen LogP contribution in [0.15, 0.2) is 243 Å². The molecule has 5 nitrogen and oxygen atoms in total. The van der Waals surface area contributed by atoms with E-state index in [-0.39, 0.29) is 38.1 Å². The first kappa shape index (κ1) is 51.8. The minimum Gasteiger partial charge on any atom is -0.309 e. The molecule has 10 aromatic carbocycles. The average Bonchev–Trinajstić information content (AvgIpc) is 3.97. The normalized spacial score (nSPS) is 10.8. The van der Waals surface area contributed by atoms with E-state index < -0.39 is 0 Å². The van der Waals surface area contributed by atoms with Gasteiger partial charge in [-0.1, -0.05) is 187 Å². The summed E-state index contributed by atoms with van der Waals surface area (Å²) in [4.78, 5) is 25.0. The molecule has 0 aliphatic carbocycles. The van der Waals surface area contributed by atoms with E-state index >= 15 is 0 Å². The molecule has 0 saturated heterocycles. The standard InChI is InChI=1S/C36H24N2.C25H16N.C5H8O2.CH4BP.Ir/c1-5-13-33-29(9-1)30-10-2-6-14-34(30)37(33)27-21-17-25(18-22-27)26-19-23-28(24-20-26)38-35-15-7-3-11-31(35)32-12-4-8-16-36(32)38;1-2-8-19(9-3-1)22-11-6-12-25-23(22)15-16-24(26-25)21-14-13-18-7-4-5-10-20(18)17-21;1-4(6)3-5(2)7;2-1-3;/h1-24H;1-13,15-17H;3H2,1-2H3;1,3H2;/q;-1;;;. The number of para-hydroxylation sites is 4. The van der Waals surface area contributed by atoms with Gasteiger partial charge in [-0.2, -0.15) is 0 Å². The van der Waals surface area contributed by atoms with Gasteiger partial charge in [-0.05, 0) is 96.4 Å². The van der Waals surface area contributed by atoms with Gasteiger partial charge in [0.15, 0.2) is 0 Å². The Kier molecular flexibility index (Phi) is 16.5. The summed E-state index contributed by atoms with van der Waals surface area (Å²) in [5.41, 5.74) is 15.1. The summed E-state index contributed by atoms with van der Waals surface area (Å²) in [6, 6.07) is 90.0. The van der Waals surface area contributed by atoms with Crippen molar-refractivity contribution in [2.75, 3.05) is 6.06 Å². The molecule has 3 aromatic heterocycles. The number of hydrogen-bond donors (Lipinski definition) is 0. The molecular formula is C67H52BIrN3O2P-. The SMILES string of the molecule is CC(=O)CC(C)=O.[B]CP.[Ir].[c-]1cc2ccccc2cc1-c1ccc2c(-c3ccccc3)cccc2n1.c1ccc2c(c1)c1ccccc1n2-c1ccc(-c2ccc(-n3c4ccccc4c4ccccc43)cc2)cc1. The van der Waals surface area contributed by atoms with Crippen LogP contribution >= 0.6 is 9.24 Å². The fourth-order valence-electron chi connectivity index (χ4n) is 9.81. The number of aromatic nitrogens is 3. The number of Topliss-reactive ketones (excluding diaryl/α,β-unsaturated/α-hetero) is 2. The van der Waals surface area contributed by atoms with Gasteiger partial charge in [-0.3, -0.25) is 14.6 Å². The van der Waals surface area contributed by atoms with Crippen LogP contribution in [-0.4, -0.2) is 39.6 Å². The zero-order valence-electron chi connectivity index (χ0n) is 41.7. The first-order valence-electron chi connectivity index (χ1n) is 24.7. The number of benzene rings is 10. The summed E-state index contributed by atoms with van der Waals surface area (Å²) in [7, 11) is 7.17. The molecule has 75 heavy (non-hydrogen) atoms. The summed E-state index contributed by atoms with van der Waals surface area (Å²) in [5.74, 6) is -0.125. The summed E-state index contributed by atoms with van der Waals surface area (Å²) < 4.78 is 4.72. The van der Waals surface area contributed by atoms with Crippen LogP contribution in [0.2, 0.25) is 0 Å². The minimum atomic E-state index is -0.0625. The maximum absolute atomic E-state index is 10.0. The van der Waals surface area contributed by atoms with Crippen molar-refractivity contribution < 1.29 is 29.7 Å². The van der Waals surface area contributed by atoms with E-state index in [4.69, 9.17) is 12.8 Å². The maximum atomic E-state index is 10.0. The van der Waals surface area contributed by atoms with Crippen LogP contribution in [0.4, 0.5) is 0 Å². The first-order valence-corrected chi connectivity index (χ1v) is 25.5. The van der Waals surface area contributed by atoms with Gasteiger partial charge in [0.1, 0.15) is 11.6 Å². The molecule has 1 unspecified atom stereocenters. The molecule has 365 valence electrons. The third-order valence-electron chi connectivity index (χ3n) is 13.0. The number of carbonyl (C=O) groups excluding carboxylic acids is 2. The van der Waals surface area contributed by atoms with Crippen molar-refractivity contribution in [1.82, 2.24) is 14.1 Å². The van der Waals surface area contributed by atoms with Crippen LogP contribution in [-0.2, 0) is 29.7 Å². The van der Waals surface area contributed by atoms with E-state index in [1.165, 1.54) is 107 Å². The van der Waals surface area contributed by atoms with Gasteiger partial charge in [-0.15, -0.1) is 38.4 Å². The first-order chi connectivity index (χ1) is 36.3. The Hall–Kier alpha value is -8.05. The second kappa shape index (κ2) is 23.9. The zero-order chi connectivity index (χ0) is 51.0. The van der Waals surface area contributed by atoms with Gasteiger partial charge < -0.3 is 9.13 Å². The van der Waals surface area contributed by atoms with Crippen LogP contribution in [0.25, 0.3) is 110 Å². The number of nitrogens with zero attached hydrogens (tertiary/aromatic N) is 3. The molecule has 1 atom stereocenters. The van der Waals surface area contributed by atoms with Gasteiger partial charge in [-0.25, -0.2) is 0 Å². The van der Waals surface area contributed by atoms with Gasteiger partial charge in [0.05, 0.1) is 41.9 Å². The Morgan fingerprint density at radius 2 is 0.893 bits per heavy atom. The van der Waals surface area contributed by atoms with Crippen molar-refractivity contribution in [3.63, 3.8) is 0 Å². The van der Waals surface area contributed by atoms with Crippen molar-refractivity contribution in [2.24, 2.45) is 0 Å². The molecule has 3 radical (unpaired) electrons. The Balaban J connectivity index is 0.000000161. The van der Waals surface area contributed by atoms with E-state index in [2.05, 4.69) is 255 Å². The quantitative estimate of drug-likeness (QED) is 0.0692. The largest absolute Gasteiger partial charge is 0.309 e. The predicted octanol–water partition coefficient (Wildman–Crippen LogP) is 16.6. The third-order valence-corrected chi connectivity index (χ3v) is 13.0. The van der Waals surface area contributed by atoms with Crippen molar-refractivity contribution in [2.45, 2.75) is 20.3 Å². The number of pyridine rings is 1. The van der Waals surface area contributed by atoms with Crippen LogP contribution in [0, 0.1) is 6.07 Å². The Bertz CT molecular complexity index is 3840. The molecule has 0 aliphatic rings. The molecule has 8 heteroatoms. The minimum absolute atomic E-state index is 0. The third kappa shape index (κ3) is 11.2. The molecule has 0 fully saturated rings. The molecule has 3 heterocycles. The topological polar surface area (TPSA) is 56.9 Å². The zero-order valence-corrected chi connectivity index (χ0v) is 45.2. The number of fused-ring (bicyclic) bond motifs is 8. The Morgan fingerprint density at radius 3 is 1.35 bits per heavy atom. The van der Waals surface area contributed by atoms with Crippen molar-refractivity contribution >= 4 is 93.9 Å². The number of ketones is 2. The average molecular weight is 1170 g/mol. The molecule has 0 amide bonds. The van der Waals surface area contributed by atoms with E-state index in [0.29, 0.717) is 6.06 Å². The molecule has 0 N–H and O–H groups in total. The van der Waals surface area contributed by atoms with Crippen LogP contribution in [0.1, 0.15) is 20.3 Å². The molecule has 0 aliphatic heterocycles. The van der Waals surface area contributed by atoms with Crippen molar-refractivity contribution in [3.8, 4) is 44.9 Å². The monoisotopic (exact) mass is 1170 g/mol. The summed E-state index contributed by atoms with van der Waals surface area (Å²) in [6.07, 6.45) is 0.0833. The summed E-state index contributed by atoms with van der Waals surface area (Å²) >= 11 is 0. The number of hydrogen-bond acceptors (Lipinski definition) is 3. The van der Waals surface area contributed by atoms with Gasteiger partial charge in [0, 0.05) is 58.4 Å². The van der Waals surface area contributed by atoms with E-state index in [0.717, 1.165) is 16.8 Å². The van der Waals surface area contributed by atoms with E-state index in [9.17, 15) is 9.59 Å². The van der Waals surface area contributed by atoms with Crippen LogP contribution < -0.4 is 0 Å². The fraction of sp³-hybridized carbons (Fsp3) is 0.0597. The van der Waals surface area contributed by atoms with E-state index in [1.807, 2.05) is 12.1 Å². The smallest absolute Gasteiger partial charge is 0.137 e. The number of rotatable bonds is 7. The summed E-state index contributed by atoms with van der Waals surface area (Å²) in [6.45, 7) is 2.81. The Labute approximate surface area is 454 Å². The molecule has 13 rings (SSSR count). The van der Waals surface area contributed by atoms with Gasteiger partial charge in [0.2, 0.25) is 0 Å². The molecule has 13 aromatic rings. The van der Waals surface area contributed by atoms with Gasteiger partial charge >= 0.3 is 0 Å². The fourth-order valence-corrected chi connectivity index (χ4v) is 9.81. The number of carbonyl (C=O) groups is 2.